The Hall–Kier alpha value is -2.65. The molecule has 162 valence electrons. The number of hydrogen-bond acceptors (Lipinski definition) is 7. The minimum Gasteiger partial charge on any atom is -0.325 e. The molecule has 3 rings (SSSR count). The number of aromatic nitrogens is 5. The van der Waals surface area contributed by atoms with Crippen molar-refractivity contribution >= 4 is 35.1 Å². The van der Waals surface area contributed by atoms with Gasteiger partial charge in [-0.1, -0.05) is 47.8 Å². The number of benzene rings is 1. The second-order valence-corrected chi connectivity index (χ2v) is 9.01. The van der Waals surface area contributed by atoms with Gasteiger partial charge in [-0.15, -0.1) is 16.8 Å². The van der Waals surface area contributed by atoms with Crippen molar-refractivity contribution in [2.45, 2.75) is 50.3 Å². The molecule has 0 atom stereocenters. The zero-order chi connectivity index (χ0) is 22.4. The predicted molar refractivity (Wildman–Crippen MR) is 127 cm³/mol. The lowest BCUT2D eigenvalue weighted by atomic mass is 10.1. The number of anilines is 1. The topological polar surface area (TPSA) is 85.6 Å². The summed E-state index contributed by atoms with van der Waals surface area (Å²) >= 11 is 2.88. The van der Waals surface area contributed by atoms with E-state index in [-0.39, 0.29) is 11.7 Å². The number of nitrogens with one attached hydrogen (secondary N) is 1. The van der Waals surface area contributed by atoms with E-state index >= 15 is 0 Å². The molecular formula is C22H26N6OS2. The molecule has 0 saturated heterocycles. The Bertz CT molecular complexity index is 1060. The van der Waals surface area contributed by atoms with Crippen LogP contribution in [0, 0.1) is 27.7 Å². The Morgan fingerprint density at radius 1 is 1.10 bits per heavy atom. The van der Waals surface area contributed by atoms with E-state index in [4.69, 9.17) is 0 Å². The first kappa shape index (κ1) is 23.0. The van der Waals surface area contributed by atoms with Crippen LogP contribution in [0.4, 0.5) is 5.69 Å². The zero-order valence-electron chi connectivity index (χ0n) is 18.2. The van der Waals surface area contributed by atoms with Gasteiger partial charge in [-0.05, 0) is 44.9 Å². The highest BCUT2D eigenvalue weighted by molar-refractivity contribution is 7.99. The maximum Gasteiger partial charge on any atom is 0.234 e. The summed E-state index contributed by atoms with van der Waals surface area (Å²) < 4.78 is 1.97. The van der Waals surface area contributed by atoms with Crippen LogP contribution in [-0.2, 0) is 17.1 Å². The molecule has 0 unspecified atom stereocenters. The number of hydrogen-bond donors (Lipinski definition) is 1. The molecule has 0 aliphatic rings. The average molecular weight is 455 g/mol. The van der Waals surface area contributed by atoms with Crippen molar-refractivity contribution in [3.05, 3.63) is 65.3 Å². The molecule has 31 heavy (non-hydrogen) atoms. The fourth-order valence-electron chi connectivity index (χ4n) is 3.05. The van der Waals surface area contributed by atoms with Gasteiger partial charge in [0.25, 0.3) is 0 Å². The van der Waals surface area contributed by atoms with Crippen LogP contribution in [0.25, 0.3) is 0 Å². The molecule has 0 saturated carbocycles. The molecule has 1 amide bonds. The lowest BCUT2D eigenvalue weighted by Crippen LogP contribution is -2.16. The van der Waals surface area contributed by atoms with E-state index in [0.29, 0.717) is 22.6 Å². The van der Waals surface area contributed by atoms with Crippen LogP contribution < -0.4 is 5.32 Å². The van der Waals surface area contributed by atoms with Gasteiger partial charge in [0.1, 0.15) is 5.82 Å². The van der Waals surface area contributed by atoms with Gasteiger partial charge in [-0.3, -0.25) is 4.79 Å². The van der Waals surface area contributed by atoms with E-state index in [9.17, 15) is 4.79 Å². The van der Waals surface area contributed by atoms with Crippen molar-refractivity contribution in [2.75, 3.05) is 11.1 Å². The maximum atomic E-state index is 12.5. The van der Waals surface area contributed by atoms with Gasteiger partial charge in [-0.25, -0.2) is 9.97 Å². The number of nitrogens with zero attached hydrogens (tertiary/aromatic N) is 5. The Kier molecular flexibility index (Phi) is 7.86. The molecule has 0 spiro atoms. The van der Waals surface area contributed by atoms with Crippen LogP contribution in [0.15, 0.2) is 47.2 Å². The number of thioether (sulfide) groups is 2. The number of aryl methyl sites for hydroxylation is 4. The van der Waals surface area contributed by atoms with Crippen molar-refractivity contribution in [3.8, 4) is 0 Å². The Labute approximate surface area is 191 Å². The molecule has 0 aliphatic carbocycles. The van der Waals surface area contributed by atoms with Crippen molar-refractivity contribution in [1.29, 1.82) is 0 Å². The molecule has 9 heteroatoms. The summed E-state index contributed by atoms with van der Waals surface area (Å²) in [7, 11) is 0. The molecule has 3 aromatic rings. The van der Waals surface area contributed by atoms with Crippen LogP contribution in [0.2, 0.25) is 0 Å². The van der Waals surface area contributed by atoms with Crippen molar-refractivity contribution < 1.29 is 4.79 Å². The fraction of sp³-hybridized carbons (Fsp3) is 0.318. The van der Waals surface area contributed by atoms with Gasteiger partial charge in [0, 0.05) is 23.6 Å². The highest BCUT2D eigenvalue weighted by Crippen LogP contribution is 2.24. The van der Waals surface area contributed by atoms with E-state index in [1.165, 1.54) is 23.5 Å². The third kappa shape index (κ3) is 6.18. The van der Waals surface area contributed by atoms with E-state index in [2.05, 4.69) is 32.1 Å². The third-order valence-electron chi connectivity index (χ3n) is 4.48. The Balaban J connectivity index is 1.65. The minimum atomic E-state index is -0.0740. The summed E-state index contributed by atoms with van der Waals surface area (Å²) in [6.45, 7) is 12.3. The van der Waals surface area contributed by atoms with Crippen molar-refractivity contribution in [1.82, 2.24) is 24.7 Å². The summed E-state index contributed by atoms with van der Waals surface area (Å²) in [5, 5.41) is 13.0. The molecule has 7 nitrogen and oxygen atoms in total. The van der Waals surface area contributed by atoms with E-state index in [1.807, 2.05) is 56.5 Å². The largest absolute Gasteiger partial charge is 0.325 e. The van der Waals surface area contributed by atoms with Gasteiger partial charge in [-0.2, -0.15) is 0 Å². The SMILES string of the molecule is C=CCn1c(CSc2nc(C)cc(C)n2)nnc1SCC(=O)Nc1c(C)cccc1C. The lowest BCUT2D eigenvalue weighted by Gasteiger charge is -2.11. The zero-order valence-corrected chi connectivity index (χ0v) is 19.8. The van der Waals surface area contributed by atoms with E-state index in [0.717, 1.165) is 34.0 Å². The molecule has 0 bridgehead atoms. The molecule has 0 fully saturated rings. The summed E-state index contributed by atoms with van der Waals surface area (Å²) in [4.78, 5) is 21.4. The number of allylic oxidation sites excluding steroid dienone is 1. The molecule has 2 aromatic heterocycles. The third-order valence-corrected chi connectivity index (χ3v) is 6.29. The smallest absolute Gasteiger partial charge is 0.234 e. The van der Waals surface area contributed by atoms with Crippen LogP contribution >= 0.6 is 23.5 Å². The molecule has 1 aromatic carbocycles. The second-order valence-electron chi connectivity index (χ2n) is 7.12. The maximum absolute atomic E-state index is 12.5. The van der Waals surface area contributed by atoms with Gasteiger partial charge in [0.2, 0.25) is 5.91 Å². The van der Waals surface area contributed by atoms with Crippen LogP contribution in [-0.4, -0.2) is 36.4 Å². The van der Waals surface area contributed by atoms with Crippen LogP contribution in [0.1, 0.15) is 28.3 Å². The lowest BCUT2D eigenvalue weighted by molar-refractivity contribution is -0.113. The second kappa shape index (κ2) is 10.6. The first-order chi connectivity index (χ1) is 14.9. The normalized spacial score (nSPS) is 10.8. The first-order valence-corrected chi connectivity index (χ1v) is 11.8. The monoisotopic (exact) mass is 454 g/mol. The number of rotatable bonds is 9. The minimum absolute atomic E-state index is 0.0740. The van der Waals surface area contributed by atoms with Crippen molar-refractivity contribution in [3.63, 3.8) is 0 Å². The van der Waals surface area contributed by atoms with Gasteiger partial charge < -0.3 is 9.88 Å². The summed E-state index contributed by atoms with van der Waals surface area (Å²) in [5.74, 6) is 1.55. The summed E-state index contributed by atoms with van der Waals surface area (Å²) in [6.07, 6.45) is 1.80. The summed E-state index contributed by atoms with van der Waals surface area (Å²) in [5.41, 5.74) is 4.83. The highest BCUT2D eigenvalue weighted by atomic mass is 32.2. The highest BCUT2D eigenvalue weighted by Gasteiger charge is 2.15. The summed E-state index contributed by atoms with van der Waals surface area (Å²) in [6, 6.07) is 7.90. The molecule has 0 aliphatic heterocycles. The predicted octanol–water partition coefficient (Wildman–Crippen LogP) is 4.51. The molecule has 0 radical (unpaired) electrons. The first-order valence-electron chi connectivity index (χ1n) is 9.84. The quantitative estimate of drug-likeness (QED) is 0.289. The number of carbonyl (C=O) groups is 1. The Morgan fingerprint density at radius 2 is 1.77 bits per heavy atom. The van der Waals surface area contributed by atoms with Crippen molar-refractivity contribution in [2.24, 2.45) is 0 Å². The molecule has 1 N–H and O–H groups in total. The molecule has 2 heterocycles. The van der Waals surface area contributed by atoms with Gasteiger partial charge >= 0.3 is 0 Å². The fourth-order valence-corrected chi connectivity index (χ4v) is 4.70. The molecular weight excluding hydrogens is 428 g/mol. The van der Waals surface area contributed by atoms with Crippen LogP contribution in [0.3, 0.4) is 0 Å². The standard InChI is InChI=1S/C22H26N6OS2/c1-6-10-28-18(12-30-21-23-16(4)11-17(5)24-21)26-27-22(28)31-13-19(29)25-20-14(2)8-7-9-15(20)3/h6-9,11H,1,10,12-13H2,2-5H3,(H,25,29). The number of para-hydroxylation sites is 1. The Morgan fingerprint density at radius 3 is 2.42 bits per heavy atom. The number of carbonyl (C=O) groups excluding carboxylic acids is 1. The van der Waals surface area contributed by atoms with E-state index in [1.54, 1.807) is 6.08 Å². The average Bonchev–Trinajstić information content (AvgIpc) is 3.09. The van der Waals surface area contributed by atoms with Crippen LogP contribution in [0.5, 0.6) is 0 Å². The van der Waals surface area contributed by atoms with Gasteiger partial charge in [0.15, 0.2) is 10.3 Å². The van der Waals surface area contributed by atoms with Gasteiger partial charge in [0.05, 0.1) is 11.5 Å². The van der Waals surface area contributed by atoms with E-state index < -0.39 is 0 Å². The number of amides is 1.